The number of benzene rings is 7. The van der Waals surface area contributed by atoms with Crippen molar-refractivity contribution in [1.29, 1.82) is 0 Å². The highest BCUT2D eigenvalue weighted by Crippen LogP contribution is 2.68. The van der Waals surface area contributed by atoms with E-state index >= 15 is 0 Å². The number of pyridine rings is 1. The number of aromatic nitrogens is 1. The summed E-state index contributed by atoms with van der Waals surface area (Å²) in [6, 6.07) is 67.9. The maximum atomic E-state index is 4.56. The molecule has 0 radical (unpaired) electrons. The van der Waals surface area contributed by atoms with Gasteiger partial charge in [-0.1, -0.05) is 164 Å². The molecule has 1 spiro atoms. The summed E-state index contributed by atoms with van der Waals surface area (Å²) in [5.41, 5.74) is 19.9. The molecule has 11 rings (SSSR count). The molecule has 0 bridgehead atoms. The summed E-state index contributed by atoms with van der Waals surface area (Å²) >= 11 is 0. The molecule has 2 unspecified atom stereocenters. The first kappa shape index (κ1) is 27.6. The van der Waals surface area contributed by atoms with Gasteiger partial charge in [-0.15, -0.1) is 0 Å². The van der Waals surface area contributed by atoms with Gasteiger partial charge in [-0.3, -0.25) is 4.98 Å². The number of hydrogen-bond acceptors (Lipinski definition) is 1. The molecular weight excluding hydrogens is 603 g/mol. The minimum absolute atomic E-state index is 0.418. The molecule has 0 saturated heterocycles. The molecule has 1 aromatic heterocycles. The average molecular weight is 634 g/mol. The van der Waals surface area contributed by atoms with E-state index in [9.17, 15) is 0 Å². The van der Waals surface area contributed by atoms with Gasteiger partial charge in [0.15, 0.2) is 0 Å². The lowest BCUT2D eigenvalue weighted by molar-refractivity contribution is 0.636. The second kappa shape index (κ2) is 10.1. The zero-order valence-electron chi connectivity index (χ0n) is 27.3. The minimum atomic E-state index is -0.463. The van der Waals surface area contributed by atoms with Crippen molar-refractivity contribution in [3.63, 3.8) is 0 Å². The third kappa shape index (κ3) is 3.34. The van der Waals surface area contributed by atoms with Crippen molar-refractivity contribution in [2.24, 2.45) is 0 Å². The van der Waals surface area contributed by atoms with Crippen LogP contribution in [0.2, 0.25) is 0 Å². The molecule has 1 heteroatoms. The van der Waals surface area contributed by atoms with Crippen molar-refractivity contribution >= 4 is 0 Å². The van der Waals surface area contributed by atoms with E-state index < -0.39 is 10.8 Å². The second-order valence-electron chi connectivity index (χ2n) is 13.8. The predicted molar refractivity (Wildman–Crippen MR) is 203 cm³/mol. The highest BCUT2D eigenvalue weighted by Gasteiger charge is 2.59. The summed E-state index contributed by atoms with van der Waals surface area (Å²) in [4.78, 5) is 4.56. The monoisotopic (exact) mass is 633 g/mol. The number of hydrogen-bond donors (Lipinski definition) is 0. The normalized spacial score (nSPS) is 18.6. The van der Waals surface area contributed by atoms with Gasteiger partial charge in [0.2, 0.25) is 0 Å². The molecule has 3 aliphatic carbocycles. The Balaban J connectivity index is 1.21. The van der Waals surface area contributed by atoms with Crippen molar-refractivity contribution in [3.05, 3.63) is 233 Å². The summed E-state index contributed by atoms with van der Waals surface area (Å²) < 4.78 is 0. The number of nitrogens with zero attached hydrogens (tertiary/aromatic N) is 1. The van der Waals surface area contributed by atoms with E-state index in [-0.39, 0.29) is 0 Å². The molecule has 0 aliphatic heterocycles. The zero-order chi connectivity index (χ0) is 32.9. The van der Waals surface area contributed by atoms with E-state index in [1.165, 1.54) is 77.9 Å². The van der Waals surface area contributed by atoms with Crippen LogP contribution in [0.4, 0.5) is 0 Å². The van der Waals surface area contributed by atoms with Gasteiger partial charge in [-0.25, -0.2) is 0 Å². The van der Waals surface area contributed by atoms with E-state index in [4.69, 9.17) is 0 Å². The molecular formula is C49H31N. The fourth-order valence-electron chi connectivity index (χ4n) is 9.79. The van der Waals surface area contributed by atoms with Gasteiger partial charge in [0.1, 0.15) is 0 Å². The Kier molecular flexibility index (Phi) is 5.58. The van der Waals surface area contributed by atoms with Crippen LogP contribution in [-0.4, -0.2) is 4.98 Å². The zero-order valence-corrected chi connectivity index (χ0v) is 27.3. The van der Waals surface area contributed by atoms with Crippen molar-refractivity contribution in [2.45, 2.75) is 10.8 Å². The smallest absolute Gasteiger partial charge is 0.0720 e. The van der Waals surface area contributed by atoms with Gasteiger partial charge in [0.25, 0.3) is 0 Å². The molecule has 0 saturated carbocycles. The fourth-order valence-corrected chi connectivity index (χ4v) is 9.79. The Morgan fingerprint density at radius 1 is 0.320 bits per heavy atom. The summed E-state index contributed by atoms with van der Waals surface area (Å²) in [5, 5.41) is 0. The molecule has 7 aromatic carbocycles. The summed E-state index contributed by atoms with van der Waals surface area (Å²) in [5.74, 6) is 0. The van der Waals surface area contributed by atoms with Gasteiger partial charge in [-0.2, -0.15) is 0 Å². The lowest BCUT2D eigenvalue weighted by Gasteiger charge is -2.48. The topological polar surface area (TPSA) is 12.9 Å². The maximum absolute atomic E-state index is 4.56. The van der Waals surface area contributed by atoms with Gasteiger partial charge in [-0.05, 0) is 96.1 Å². The minimum Gasteiger partial charge on any atom is -0.256 e. The Morgan fingerprint density at radius 2 is 0.860 bits per heavy atom. The third-order valence-corrected chi connectivity index (χ3v) is 11.6. The first-order chi connectivity index (χ1) is 24.8. The Hall–Kier alpha value is -6.31. The average Bonchev–Trinajstić information content (AvgIpc) is 3.67. The first-order valence-electron chi connectivity index (χ1n) is 17.5. The van der Waals surface area contributed by atoms with E-state index in [1.807, 2.05) is 18.3 Å². The Bertz CT molecular complexity index is 2640. The summed E-state index contributed by atoms with van der Waals surface area (Å²) in [7, 11) is 0. The van der Waals surface area contributed by atoms with Crippen LogP contribution in [0.5, 0.6) is 0 Å². The van der Waals surface area contributed by atoms with E-state index in [0.717, 1.165) is 11.3 Å². The van der Waals surface area contributed by atoms with Crippen LogP contribution in [0.1, 0.15) is 44.5 Å². The lowest BCUT2D eigenvalue weighted by Crippen LogP contribution is -2.43. The van der Waals surface area contributed by atoms with Crippen molar-refractivity contribution in [2.75, 3.05) is 0 Å². The van der Waals surface area contributed by atoms with Gasteiger partial charge in [0, 0.05) is 11.8 Å². The van der Waals surface area contributed by atoms with Gasteiger partial charge in [0.05, 0.1) is 16.5 Å². The molecule has 0 amide bonds. The van der Waals surface area contributed by atoms with E-state index in [2.05, 4.69) is 175 Å². The van der Waals surface area contributed by atoms with Crippen LogP contribution in [0.15, 0.2) is 188 Å². The largest absolute Gasteiger partial charge is 0.256 e. The van der Waals surface area contributed by atoms with Gasteiger partial charge >= 0.3 is 0 Å². The summed E-state index contributed by atoms with van der Waals surface area (Å²) in [6.07, 6.45) is 1.85. The molecule has 232 valence electrons. The first-order valence-corrected chi connectivity index (χ1v) is 17.5. The Morgan fingerprint density at radius 3 is 1.60 bits per heavy atom. The number of rotatable bonds is 3. The molecule has 8 aromatic rings. The third-order valence-electron chi connectivity index (χ3n) is 11.6. The van der Waals surface area contributed by atoms with Crippen LogP contribution in [-0.2, 0) is 10.8 Å². The molecule has 1 heterocycles. The van der Waals surface area contributed by atoms with Crippen molar-refractivity contribution in [1.82, 2.24) is 4.98 Å². The Labute approximate surface area is 292 Å². The van der Waals surface area contributed by atoms with Crippen molar-refractivity contribution < 1.29 is 0 Å². The molecule has 1 nitrogen and oxygen atoms in total. The van der Waals surface area contributed by atoms with Crippen molar-refractivity contribution in [3.8, 4) is 44.6 Å². The van der Waals surface area contributed by atoms with Crippen LogP contribution in [0.3, 0.4) is 0 Å². The molecule has 50 heavy (non-hydrogen) atoms. The second-order valence-corrected chi connectivity index (χ2v) is 13.8. The quantitative estimate of drug-likeness (QED) is 0.189. The van der Waals surface area contributed by atoms with E-state index in [0.29, 0.717) is 0 Å². The van der Waals surface area contributed by atoms with E-state index in [1.54, 1.807) is 0 Å². The van der Waals surface area contributed by atoms with Crippen LogP contribution >= 0.6 is 0 Å². The maximum Gasteiger partial charge on any atom is 0.0720 e. The van der Waals surface area contributed by atoms with Crippen LogP contribution < -0.4 is 0 Å². The fraction of sp³-hybridized carbons (Fsp3) is 0.0408. The SMILES string of the molecule is c1ccc(C23c4ccccc4-c4cccc(c42)C2(c4ccccc4-c4cc(-c5ccc(-c6ccccn6)cc5)ccc42)c2ccccc23)cc1. The van der Waals surface area contributed by atoms with Crippen LogP contribution in [0.25, 0.3) is 44.6 Å². The molecule has 2 atom stereocenters. The molecule has 3 aliphatic rings. The van der Waals surface area contributed by atoms with Gasteiger partial charge < -0.3 is 0 Å². The lowest BCUT2D eigenvalue weighted by atomic mass is 9.52. The highest BCUT2D eigenvalue weighted by molar-refractivity contribution is 5.96. The van der Waals surface area contributed by atoms with Crippen LogP contribution in [0, 0.1) is 0 Å². The molecule has 0 N–H and O–H groups in total. The number of fused-ring (bicyclic) bond motifs is 12. The highest BCUT2D eigenvalue weighted by atomic mass is 14.7. The predicted octanol–water partition coefficient (Wildman–Crippen LogP) is 11.5. The summed E-state index contributed by atoms with van der Waals surface area (Å²) in [6.45, 7) is 0. The molecule has 0 fully saturated rings. The standard InChI is InChI=1S/C49H31N/c1-2-13-35(14-3-1)48-40-18-6-4-15-36(40)38-17-12-22-45(47(38)48)49(44-21-9-8-20-43(44)48)41-19-7-5-16-37(41)39-31-34(28-29-42(39)49)32-24-26-33(27-25-32)46-23-10-11-30-50-46/h1-31H.